The predicted octanol–water partition coefficient (Wildman–Crippen LogP) is 1.31. The van der Waals surface area contributed by atoms with E-state index in [2.05, 4.69) is 29.2 Å². The van der Waals surface area contributed by atoms with Gasteiger partial charge in [-0.1, -0.05) is 24.3 Å². The van der Waals surface area contributed by atoms with Crippen molar-refractivity contribution in [2.24, 2.45) is 5.73 Å². The number of nitrogens with two attached hydrogens (primary N) is 1. The summed E-state index contributed by atoms with van der Waals surface area (Å²) in [4.78, 5) is 13.4. The Bertz CT molecular complexity index is 389. The largest absolute Gasteiger partial charge is 0.368 e. The van der Waals surface area contributed by atoms with Crippen molar-refractivity contribution < 1.29 is 4.79 Å². The second-order valence-electron chi connectivity index (χ2n) is 4.42. The van der Waals surface area contributed by atoms with Crippen LogP contribution in [0.2, 0.25) is 0 Å². The van der Waals surface area contributed by atoms with Gasteiger partial charge in [-0.05, 0) is 37.4 Å². The summed E-state index contributed by atoms with van der Waals surface area (Å²) >= 11 is 0. The smallest absolute Gasteiger partial charge is 0.234 e. The van der Waals surface area contributed by atoms with Gasteiger partial charge in [0.15, 0.2) is 0 Å². The van der Waals surface area contributed by atoms with Gasteiger partial charge in [-0.3, -0.25) is 9.69 Å². The van der Waals surface area contributed by atoms with E-state index >= 15 is 0 Å². The second kappa shape index (κ2) is 4.66. The lowest BCUT2D eigenvalue weighted by Gasteiger charge is -2.25. The van der Waals surface area contributed by atoms with Crippen molar-refractivity contribution >= 4 is 5.91 Å². The Kier molecular flexibility index (Phi) is 3.25. The van der Waals surface area contributed by atoms with Crippen LogP contribution in [0.1, 0.15) is 24.5 Å². The van der Waals surface area contributed by atoms with E-state index in [9.17, 15) is 4.79 Å². The topological polar surface area (TPSA) is 46.3 Å². The van der Waals surface area contributed by atoms with Crippen LogP contribution in [0.15, 0.2) is 24.3 Å². The summed E-state index contributed by atoms with van der Waals surface area (Å²) in [6.45, 7) is 3.66. The van der Waals surface area contributed by atoms with Crippen molar-refractivity contribution in [1.82, 2.24) is 4.90 Å². The van der Waals surface area contributed by atoms with E-state index < -0.39 is 0 Å². The Morgan fingerprint density at radius 1 is 1.38 bits per heavy atom. The number of hydrogen-bond donors (Lipinski definition) is 1. The summed E-state index contributed by atoms with van der Waals surface area (Å²) in [7, 11) is 0. The highest BCUT2D eigenvalue weighted by molar-refractivity contribution is 5.79. The molecule has 2 N–H and O–H groups in total. The van der Waals surface area contributed by atoms with Gasteiger partial charge in [0.2, 0.25) is 5.91 Å². The molecule has 0 spiro atoms. The van der Waals surface area contributed by atoms with E-state index in [0.29, 0.717) is 0 Å². The van der Waals surface area contributed by atoms with E-state index in [-0.39, 0.29) is 11.9 Å². The number of carbonyl (C=O) groups is 1. The second-order valence-corrected chi connectivity index (χ2v) is 4.42. The Morgan fingerprint density at radius 2 is 2.06 bits per heavy atom. The van der Waals surface area contributed by atoms with Crippen molar-refractivity contribution in [2.45, 2.75) is 32.4 Å². The number of primary amides is 1. The molecule has 1 amide bonds. The van der Waals surface area contributed by atoms with Crippen LogP contribution in [0.4, 0.5) is 0 Å². The summed E-state index contributed by atoms with van der Waals surface area (Å²) in [5.41, 5.74) is 8.09. The first kappa shape index (κ1) is 11.1. The van der Waals surface area contributed by atoms with Crippen LogP contribution in [-0.4, -0.2) is 23.4 Å². The van der Waals surface area contributed by atoms with Gasteiger partial charge in [0.1, 0.15) is 0 Å². The highest BCUT2D eigenvalue weighted by Crippen LogP contribution is 2.19. The summed E-state index contributed by atoms with van der Waals surface area (Å²) in [5, 5.41) is 0. The van der Waals surface area contributed by atoms with Crippen LogP contribution in [0.5, 0.6) is 0 Å². The van der Waals surface area contributed by atoms with Crippen LogP contribution in [0.25, 0.3) is 0 Å². The van der Waals surface area contributed by atoms with Crippen molar-refractivity contribution in [3.8, 4) is 0 Å². The van der Waals surface area contributed by atoms with Crippen molar-refractivity contribution in [2.75, 3.05) is 6.54 Å². The van der Waals surface area contributed by atoms with Gasteiger partial charge in [-0.2, -0.15) is 0 Å². The SMILES string of the molecule is CC(C(N)=O)N1CCCc2ccccc2C1. The molecule has 0 aliphatic carbocycles. The highest BCUT2D eigenvalue weighted by Gasteiger charge is 2.21. The third-order valence-electron chi connectivity index (χ3n) is 3.34. The average molecular weight is 218 g/mol. The summed E-state index contributed by atoms with van der Waals surface area (Å²) in [6, 6.07) is 8.27. The molecule has 3 nitrogen and oxygen atoms in total. The summed E-state index contributed by atoms with van der Waals surface area (Å²) in [6.07, 6.45) is 2.19. The summed E-state index contributed by atoms with van der Waals surface area (Å²) in [5.74, 6) is -0.237. The van der Waals surface area contributed by atoms with Crippen LogP contribution in [-0.2, 0) is 17.8 Å². The fourth-order valence-corrected chi connectivity index (χ4v) is 2.24. The monoisotopic (exact) mass is 218 g/mol. The third kappa shape index (κ3) is 2.25. The van der Waals surface area contributed by atoms with E-state index in [0.717, 1.165) is 25.9 Å². The number of rotatable bonds is 2. The molecule has 1 heterocycles. The molecule has 1 aliphatic rings. The van der Waals surface area contributed by atoms with E-state index in [4.69, 9.17) is 5.73 Å². The Balaban J connectivity index is 2.19. The van der Waals surface area contributed by atoms with Gasteiger partial charge >= 0.3 is 0 Å². The number of aryl methyl sites for hydroxylation is 1. The number of fused-ring (bicyclic) bond motifs is 1. The first-order valence-corrected chi connectivity index (χ1v) is 5.78. The van der Waals surface area contributed by atoms with Gasteiger partial charge in [0.25, 0.3) is 0 Å². The molecule has 0 saturated carbocycles. The zero-order valence-electron chi connectivity index (χ0n) is 9.65. The molecule has 2 rings (SSSR count). The quantitative estimate of drug-likeness (QED) is 0.813. The normalized spacial score (nSPS) is 18.6. The zero-order valence-corrected chi connectivity index (χ0v) is 9.65. The molecule has 1 aliphatic heterocycles. The molecule has 1 aromatic rings. The maximum absolute atomic E-state index is 11.2. The zero-order chi connectivity index (χ0) is 11.5. The van der Waals surface area contributed by atoms with Crippen LogP contribution in [0.3, 0.4) is 0 Å². The lowest BCUT2D eigenvalue weighted by Crippen LogP contribution is -2.42. The van der Waals surface area contributed by atoms with Crippen molar-refractivity contribution in [1.29, 1.82) is 0 Å². The van der Waals surface area contributed by atoms with Gasteiger partial charge in [-0.25, -0.2) is 0 Å². The summed E-state index contributed by atoms with van der Waals surface area (Å²) < 4.78 is 0. The van der Waals surface area contributed by atoms with Crippen LogP contribution in [0, 0.1) is 0 Å². The van der Waals surface area contributed by atoms with E-state index in [1.54, 1.807) is 0 Å². The Labute approximate surface area is 96.2 Å². The minimum atomic E-state index is -0.237. The molecule has 0 fully saturated rings. The lowest BCUT2D eigenvalue weighted by atomic mass is 10.0. The van der Waals surface area contributed by atoms with Crippen LogP contribution < -0.4 is 5.73 Å². The highest BCUT2D eigenvalue weighted by atomic mass is 16.1. The molecule has 1 unspecified atom stereocenters. The Hall–Kier alpha value is -1.35. The minimum Gasteiger partial charge on any atom is -0.368 e. The fourth-order valence-electron chi connectivity index (χ4n) is 2.24. The van der Waals surface area contributed by atoms with E-state index in [1.807, 2.05) is 6.92 Å². The lowest BCUT2D eigenvalue weighted by molar-refractivity contribution is -0.122. The molecule has 0 saturated heterocycles. The fraction of sp³-hybridized carbons (Fsp3) is 0.462. The molecule has 0 bridgehead atoms. The van der Waals surface area contributed by atoms with E-state index in [1.165, 1.54) is 11.1 Å². The number of amides is 1. The molecule has 1 atom stereocenters. The molecule has 86 valence electrons. The predicted molar refractivity (Wildman–Crippen MR) is 63.8 cm³/mol. The first-order valence-electron chi connectivity index (χ1n) is 5.78. The Morgan fingerprint density at radius 3 is 2.75 bits per heavy atom. The van der Waals surface area contributed by atoms with Gasteiger partial charge in [0.05, 0.1) is 6.04 Å². The number of nitrogens with zero attached hydrogens (tertiary/aromatic N) is 1. The first-order chi connectivity index (χ1) is 7.68. The number of benzene rings is 1. The maximum Gasteiger partial charge on any atom is 0.234 e. The van der Waals surface area contributed by atoms with Crippen molar-refractivity contribution in [3.05, 3.63) is 35.4 Å². The number of hydrogen-bond acceptors (Lipinski definition) is 2. The van der Waals surface area contributed by atoms with Gasteiger partial charge in [0, 0.05) is 6.54 Å². The van der Waals surface area contributed by atoms with Crippen molar-refractivity contribution in [3.63, 3.8) is 0 Å². The molecule has 16 heavy (non-hydrogen) atoms. The minimum absolute atomic E-state index is 0.175. The van der Waals surface area contributed by atoms with Gasteiger partial charge in [-0.15, -0.1) is 0 Å². The average Bonchev–Trinajstić information content (AvgIpc) is 2.49. The number of carbonyl (C=O) groups excluding carboxylic acids is 1. The molecule has 1 aromatic carbocycles. The molecule has 0 radical (unpaired) electrons. The molecular formula is C13H18N2O. The molecule has 3 heteroatoms. The molecular weight excluding hydrogens is 200 g/mol. The third-order valence-corrected chi connectivity index (χ3v) is 3.34. The maximum atomic E-state index is 11.2. The van der Waals surface area contributed by atoms with Crippen LogP contribution >= 0.6 is 0 Å². The standard InChI is InChI=1S/C13H18N2O/c1-10(13(14)16)15-8-4-7-11-5-2-3-6-12(11)9-15/h2-3,5-6,10H,4,7-9H2,1H3,(H2,14,16). The molecule has 0 aromatic heterocycles. The van der Waals surface area contributed by atoms with Gasteiger partial charge < -0.3 is 5.73 Å².